The molecule has 2 rings (SSSR count). The number of ether oxygens (including phenoxy) is 7. The number of carbonyl (C=O) groups is 6. The number of nitrogens with one attached hydrogen (secondary N) is 2. The third kappa shape index (κ3) is 18.6. The summed E-state index contributed by atoms with van der Waals surface area (Å²) in [4.78, 5) is 96.9. The van der Waals surface area contributed by atoms with Crippen LogP contribution in [0.3, 0.4) is 0 Å². The number of esters is 4. The van der Waals surface area contributed by atoms with Gasteiger partial charge in [0.1, 0.15) is 42.7 Å². The zero-order chi connectivity index (χ0) is 47.6. The van der Waals surface area contributed by atoms with Gasteiger partial charge in [-0.05, 0) is 32.6 Å². The Bertz CT molecular complexity index is 1530. The van der Waals surface area contributed by atoms with Gasteiger partial charge in [-0.3, -0.25) is 33.3 Å². The maximum absolute atomic E-state index is 13.7. The highest BCUT2D eigenvalue weighted by Crippen LogP contribution is 2.42. The number of amides is 2. The highest BCUT2D eigenvalue weighted by molar-refractivity contribution is 7.46. The van der Waals surface area contributed by atoms with E-state index in [-0.39, 0.29) is 44.9 Å². The molecule has 24 heteroatoms. The molecule has 2 fully saturated rings. The van der Waals surface area contributed by atoms with Gasteiger partial charge in [-0.2, -0.15) is 0 Å². The number of carbonyl (C=O) groups excluding carboxylic acids is 6. The molecule has 2 saturated heterocycles. The molecule has 0 saturated carbocycles. The minimum atomic E-state index is -5.47. The van der Waals surface area contributed by atoms with Gasteiger partial charge in [-0.15, -0.1) is 0 Å². The molecule has 0 bridgehead atoms. The summed E-state index contributed by atoms with van der Waals surface area (Å²) in [6.07, 6.45) is -18.2. The van der Waals surface area contributed by atoms with E-state index in [1.54, 1.807) is 34.6 Å². The highest BCUT2D eigenvalue weighted by Gasteiger charge is 2.53. The van der Waals surface area contributed by atoms with Crippen molar-refractivity contribution < 1.29 is 101 Å². The van der Waals surface area contributed by atoms with Crippen molar-refractivity contribution in [3.63, 3.8) is 0 Å². The molecule has 63 heavy (non-hydrogen) atoms. The third-order valence-electron chi connectivity index (χ3n) is 10.3. The van der Waals surface area contributed by atoms with Crippen LogP contribution in [0.2, 0.25) is 0 Å². The van der Waals surface area contributed by atoms with E-state index in [4.69, 9.17) is 37.7 Å². The van der Waals surface area contributed by atoms with Crippen LogP contribution in [0.4, 0.5) is 0 Å². The molecule has 364 valence electrons. The van der Waals surface area contributed by atoms with Crippen LogP contribution in [0, 0.1) is 0 Å². The Hall–Kier alpha value is -3.35. The van der Waals surface area contributed by atoms with Crippen molar-refractivity contribution >= 4 is 43.5 Å². The zero-order valence-corrected chi connectivity index (χ0v) is 37.7. The molecular weight excluding hydrogens is 863 g/mol. The Morgan fingerprint density at radius 3 is 1.68 bits per heavy atom. The average molecular weight is 931 g/mol. The second kappa shape index (κ2) is 27.2. The van der Waals surface area contributed by atoms with E-state index in [2.05, 4.69) is 10.6 Å². The lowest BCUT2D eigenvalue weighted by atomic mass is 9.92. The summed E-state index contributed by atoms with van der Waals surface area (Å²) in [7, 11) is -5.47. The van der Waals surface area contributed by atoms with E-state index in [0.29, 0.717) is 0 Å². The number of hydrogen-bond acceptors (Lipinski definition) is 19. The number of phosphoric ester groups is 1. The first-order valence-electron chi connectivity index (χ1n) is 21.3. The fourth-order valence-corrected chi connectivity index (χ4v) is 7.20. The molecule has 2 amide bonds. The van der Waals surface area contributed by atoms with Gasteiger partial charge in [-0.1, -0.05) is 41.5 Å². The van der Waals surface area contributed by atoms with E-state index in [1.807, 2.05) is 0 Å². The normalized spacial score (nSPS) is 28.1. The predicted octanol–water partition coefficient (Wildman–Crippen LogP) is -0.295. The molecule has 2 heterocycles. The van der Waals surface area contributed by atoms with E-state index in [0.717, 1.165) is 0 Å². The van der Waals surface area contributed by atoms with Crippen molar-refractivity contribution in [3.05, 3.63) is 0 Å². The Kier molecular flexibility index (Phi) is 24.1. The van der Waals surface area contributed by atoms with Crippen molar-refractivity contribution in [1.29, 1.82) is 0 Å². The fraction of sp³-hybridized carbons (Fsp3) is 0.846. The Morgan fingerprint density at radius 1 is 0.651 bits per heavy atom. The fourth-order valence-electron chi connectivity index (χ4n) is 6.63. The van der Waals surface area contributed by atoms with Crippen molar-refractivity contribution in [3.8, 4) is 0 Å². The lowest BCUT2D eigenvalue weighted by Crippen LogP contribution is -2.67. The lowest BCUT2D eigenvalue weighted by Gasteiger charge is -2.47. The van der Waals surface area contributed by atoms with Crippen LogP contribution < -0.4 is 10.6 Å². The van der Waals surface area contributed by atoms with Gasteiger partial charge in [0, 0.05) is 12.8 Å². The molecule has 5 unspecified atom stereocenters. The highest BCUT2D eigenvalue weighted by atomic mass is 31.2. The monoisotopic (exact) mass is 930 g/mol. The largest absolute Gasteiger partial charge is 0.470 e. The average Bonchev–Trinajstić information content (AvgIpc) is 3.22. The van der Waals surface area contributed by atoms with Crippen LogP contribution >= 0.6 is 7.82 Å². The summed E-state index contributed by atoms with van der Waals surface area (Å²) in [6, 6.07) is -2.92. The molecule has 0 radical (unpaired) electrons. The van der Waals surface area contributed by atoms with Crippen LogP contribution in [0.1, 0.15) is 113 Å². The van der Waals surface area contributed by atoms with Gasteiger partial charge < -0.3 is 74.0 Å². The van der Waals surface area contributed by atoms with Crippen LogP contribution in [-0.2, 0) is 71.0 Å². The van der Waals surface area contributed by atoms with E-state index >= 15 is 0 Å². The molecular formula is C39H67N2O21P. The molecule has 8 N–H and O–H groups in total. The topological polar surface area (TPSA) is 339 Å². The predicted molar refractivity (Wildman–Crippen MR) is 215 cm³/mol. The molecule has 0 aromatic heterocycles. The summed E-state index contributed by atoms with van der Waals surface area (Å²) >= 11 is 0. The van der Waals surface area contributed by atoms with Crippen molar-refractivity contribution in [1.82, 2.24) is 10.6 Å². The van der Waals surface area contributed by atoms with Gasteiger partial charge in [0.25, 0.3) is 0 Å². The van der Waals surface area contributed by atoms with E-state index < -0.39 is 162 Å². The lowest BCUT2D eigenvalue weighted by molar-refractivity contribution is -0.285. The number of hydrogen-bond donors (Lipinski definition) is 8. The maximum Gasteiger partial charge on any atom is 0.470 e. The second-order valence-electron chi connectivity index (χ2n) is 15.3. The molecule has 2 aliphatic heterocycles. The smallest absolute Gasteiger partial charge is 0.462 e. The number of rotatable bonds is 26. The van der Waals surface area contributed by atoms with Crippen molar-refractivity contribution in [2.45, 2.75) is 198 Å². The summed E-state index contributed by atoms with van der Waals surface area (Å²) in [5.74, 6) is -4.76. The number of aliphatic hydroxyl groups is 4. The number of aliphatic hydroxyl groups excluding tert-OH is 4. The Morgan fingerprint density at radius 2 is 1.16 bits per heavy atom. The zero-order valence-electron chi connectivity index (χ0n) is 36.8. The minimum absolute atomic E-state index is 0.00233. The van der Waals surface area contributed by atoms with Gasteiger partial charge in [0.05, 0.1) is 63.3 Å². The van der Waals surface area contributed by atoms with Crippen LogP contribution in [0.15, 0.2) is 0 Å². The molecule has 23 nitrogen and oxygen atoms in total. The molecule has 14 atom stereocenters. The first kappa shape index (κ1) is 55.8. The molecule has 0 aromatic carbocycles. The maximum atomic E-state index is 13.7. The Balaban J connectivity index is 2.59. The summed E-state index contributed by atoms with van der Waals surface area (Å²) < 4.78 is 57.2. The standard InChI is InChI=1S/C39H67N2O21P/c1-8-21(43)14-27(45)40-33-20(7)56-26(35(51)37(33)60-31(49)15-22(44)9-2)19-55-39-34(41-28(46)16-23(10-3)57-29(47)12-5)38(36(25(18-42)59-39)62-63(52,53)54)61-32(50)17-24(11-4)58-30(48)13-6/h20-26,33-39,42-44,51H,8-19H2,1-7H3,(H,40,45)(H,41,46)(H2,52,53,54)/t20?,21-,22-,23-,24-,25?,26?,33?,34?,35-,36-,37-,38-,39-/m1/s1. The van der Waals surface area contributed by atoms with Gasteiger partial charge in [0.2, 0.25) is 11.8 Å². The molecule has 2 aliphatic rings. The molecule has 0 aliphatic carbocycles. The van der Waals surface area contributed by atoms with Crippen molar-refractivity contribution in [2.75, 3.05) is 13.2 Å². The third-order valence-corrected chi connectivity index (χ3v) is 10.8. The minimum Gasteiger partial charge on any atom is -0.462 e. The Labute approximate surface area is 366 Å². The SMILES string of the molecule is CCC(=O)O[C@H](CC)CC(=O)NC1[C@H](OCC2OC(C)C(NC(=O)C[C@H](O)CC)[C@@H](OC(=O)C[C@H](O)CC)[C@@H]2O)OC(CO)[C@@H](OP(=O)(O)O)[C@@H]1OC(=O)C[C@@H](CC)OC(=O)CC. The second-order valence-corrected chi connectivity index (χ2v) is 16.5. The van der Waals surface area contributed by atoms with Gasteiger partial charge in [0.15, 0.2) is 18.5 Å². The van der Waals surface area contributed by atoms with E-state index in [1.165, 1.54) is 13.8 Å². The van der Waals surface area contributed by atoms with Gasteiger partial charge in [-0.25, -0.2) is 4.57 Å². The number of phosphoric acid groups is 1. The molecule has 0 aromatic rings. The van der Waals surface area contributed by atoms with Crippen molar-refractivity contribution in [2.24, 2.45) is 0 Å². The first-order valence-corrected chi connectivity index (χ1v) is 22.8. The quantitative estimate of drug-likeness (QED) is 0.0314. The summed E-state index contributed by atoms with van der Waals surface area (Å²) in [5, 5.41) is 47.4. The van der Waals surface area contributed by atoms with E-state index in [9.17, 15) is 63.5 Å². The molecule has 0 spiro atoms. The summed E-state index contributed by atoms with van der Waals surface area (Å²) in [5.41, 5.74) is 0. The first-order chi connectivity index (χ1) is 29.6. The van der Waals surface area contributed by atoms with Gasteiger partial charge >= 0.3 is 31.7 Å². The van der Waals surface area contributed by atoms with Crippen LogP contribution in [0.25, 0.3) is 0 Å². The van der Waals surface area contributed by atoms with Crippen LogP contribution in [0.5, 0.6) is 0 Å². The van der Waals surface area contributed by atoms with Crippen LogP contribution in [-0.4, -0.2) is 165 Å². The summed E-state index contributed by atoms with van der Waals surface area (Å²) in [6.45, 7) is 9.42.